The number of hydrogen-bond acceptors (Lipinski definition) is 5. The van der Waals surface area contributed by atoms with Gasteiger partial charge in [-0.25, -0.2) is 9.97 Å². The van der Waals surface area contributed by atoms with Crippen molar-refractivity contribution in [3.63, 3.8) is 0 Å². The molecule has 110 valence electrons. The fourth-order valence-electron chi connectivity index (χ4n) is 2.70. The number of nitrogens with two attached hydrogens (primary N) is 1. The van der Waals surface area contributed by atoms with E-state index >= 15 is 0 Å². The molecule has 1 atom stereocenters. The Morgan fingerprint density at radius 2 is 2.00 bits per heavy atom. The van der Waals surface area contributed by atoms with E-state index in [0.717, 1.165) is 36.1 Å². The molecular formula is C16H19N3O2. The van der Waals surface area contributed by atoms with Gasteiger partial charge in [-0.05, 0) is 37.5 Å². The maximum absolute atomic E-state index is 6.10. The Balaban J connectivity index is 2.01. The largest absolute Gasteiger partial charge is 0.493 e. The number of aryl methyl sites for hydroxylation is 1. The highest BCUT2D eigenvalue weighted by Crippen LogP contribution is 2.32. The topological polar surface area (TPSA) is 70.3 Å². The molecule has 21 heavy (non-hydrogen) atoms. The molecule has 0 radical (unpaired) electrons. The predicted octanol–water partition coefficient (Wildman–Crippen LogP) is 2.50. The molecule has 1 aromatic heterocycles. The van der Waals surface area contributed by atoms with Crippen molar-refractivity contribution in [3.8, 4) is 22.9 Å². The molecule has 3 rings (SSSR count). The van der Waals surface area contributed by atoms with Crippen molar-refractivity contribution in [3.05, 3.63) is 35.7 Å². The summed E-state index contributed by atoms with van der Waals surface area (Å²) in [7, 11) is 3.24. The van der Waals surface area contributed by atoms with Gasteiger partial charge in [0.1, 0.15) is 0 Å². The minimum Gasteiger partial charge on any atom is -0.493 e. The minimum absolute atomic E-state index is 0.0632. The average molecular weight is 285 g/mol. The van der Waals surface area contributed by atoms with Crippen LogP contribution in [0.25, 0.3) is 11.4 Å². The Kier molecular flexibility index (Phi) is 3.75. The molecule has 2 aromatic rings. The van der Waals surface area contributed by atoms with E-state index in [9.17, 15) is 0 Å². The zero-order valence-electron chi connectivity index (χ0n) is 12.3. The van der Waals surface area contributed by atoms with Crippen LogP contribution in [0.3, 0.4) is 0 Å². The first-order chi connectivity index (χ1) is 10.2. The van der Waals surface area contributed by atoms with Crippen LogP contribution < -0.4 is 15.2 Å². The van der Waals surface area contributed by atoms with Crippen molar-refractivity contribution >= 4 is 0 Å². The van der Waals surface area contributed by atoms with Crippen molar-refractivity contribution in [2.24, 2.45) is 5.73 Å². The Labute approximate surface area is 124 Å². The normalized spacial score (nSPS) is 17.2. The Morgan fingerprint density at radius 1 is 1.19 bits per heavy atom. The summed E-state index contributed by atoms with van der Waals surface area (Å²) in [6.45, 7) is 0. The zero-order valence-corrected chi connectivity index (χ0v) is 12.3. The van der Waals surface area contributed by atoms with Gasteiger partial charge in [0.25, 0.3) is 0 Å². The first kappa shape index (κ1) is 13.8. The Hall–Kier alpha value is -2.14. The van der Waals surface area contributed by atoms with E-state index in [4.69, 9.17) is 15.2 Å². The van der Waals surface area contributed by atoms with Gasteiger partial charge in [-0.3, -0.25) is 0 Å². The molecule has 1 aliphatic rings. The number of hydrogen-bond donors (Lipinski definition) is 1. The molecule has 0 saturated heterocycles. The third-order valence-electron chi connectivity index (χ3n) is 3.87. The van der Waals surface area contributed by atoms with Gasteiger partial charge in [0, 0.05) is 29.1 Å². The molecule has 0 bridgehead atoms. The molecule has 5 nitrogen and oxygen atoms in total. The lowest BCUT2D eigenvalue weighted by Crippen LogP contribution is -2.19. The third kappa shape index (κ3) is 2.56. The summed E-state index contributed by atoms with van der Waals surface area (Å²) >= 11 is 0. The third-order valence-corrected chi connectivity index (χ3v) is 3.87. The van der Waals surface area contributed by atoms with Crippen LogP contribution in [-0.2, 0) is 6.42 Å². The first-order valence-electron chi connectivity index (χ1n) is 7.06. The van der Waals surface area contributed by atoms with E-state index in [0.29, 0.717) is 17.3 Å². The first-order valence-corrected chi connectivity index (χ1v) is 7.06. The molecule has 5 heteroatoms. The molecule has 1 unspecified atom stereocenters. The summed E-state index contributed by atoms with van der Waals surface area (Å²) in [5.41, 5.74) is 9.15. The lowest BCUT2D eigenvalue weighted by atomic mass is 9.93. The fraction of sp³-hybridized carbons (Fsp3) is 0.375. The van der Waals surface area contributed by atoms with Gasteiger partial charge in [0.15, 0.2) is 17.3 Å². The van der Waals surface area contributed by atoms with Crippen LogP contribution in [0.15, 0.2) is 24.4 Å². The van der Waals surface area contributed by atoms with Crippen LogP contribution in [0, 0.1) is 0 Å². The standard InChI is InChI=1S/C16H19N3O2/c1-20-14-7-6-10(8-15(14)21-2)16-18-9-11-12(17)4-3-5-13(11)19-16/h6-9,12H,3-5,17H2,1-2H3. The molecule has 1 aromatic carbocycles. The summed E-state index contributed by atoms with van der Waals surface area (Å²) < 4.78 is 10.6. The van der Waals surface area contributed by atoms with Gasteiger partial charge in [-0.15, -0.1) is 0 Å². The van der Waals surface area contributed by atoms with Gasteiger partial charge in [-0.2, -0.15) is 0 Å². The van der Waals surface area contributed by atoms with Crippen molar-refractivity contribution in [1.82, 2.24) is 9.97 Å². The monoisotopic (exact) mass is 285 g/mol. The minimum atomic E-state index is 0.0632. The van der Waals surface area contributed by atoms with Gasteiger partial charge in [0.05, 0.1) is 14.2 Å². The van der Waals surface area contributed by atoms with Crippen LogP contribution in [0.5, 0.6) is 11.5 Å². The summed E-state index contributed by atoms with van der Waals surface area (Å²) in [5.74, 6) is 2.07. The van der Waals surface area contributed by atoms with E-state index in [1.165, 1.54) is 0 Å². The highest BCUT2D eigenvalue weighted by Gasteiger charge is 2.19. The smallest absolute Gasteiger partial charge is 0.161 e. The number of aromatic nitrogens is 2. The van der Waals surface area contributed by atoms with Gasteiger partial charge < -0.3 is 15.2 Å². The van der Waals surface area contributed by atoms with Crippen LogP contribution in [0.1, 0.15) is 30.1 Å². The molecule has 0 aliphatic heterocycles. The van der Waals surface area contributed by atoms with E-state index in [2.05, 4.69) is 9.97 Å². The van der Waals surface area contributed by atoms with E-state index in [1.807, 2.05) is 24.4 Å². The van der Waals surface area contributed by atoms with Crippen LogP contribution >= 0.6 is 0 Å². The lowest BCUT2D eigenvalue weighted by molar-refractivity contribution is 0.355. The SMILES string of the molecule is COc1ccc(-c2ncc3c(n2)CCCC3N)cc1OC. The van der Waals surface area contributed by atoms with Gasteiger partial charge in [-0.1, -0.05) is 0 Å². The molecule has 2 N–H and O–H groups in total. The second kappa shape index (κ2) is 5.69. The van der Waals surface area contributed by atoms with Crippen LogP contribution in [0.2, 0.25) is 0 Å². The molecule has 0 amide bonds. The fourth-order valence-corrected chi connectivity index (χ4v) is 2.70. The highest BCUT2D eigenvalue weighted by molar-refractivity contribution is 5.61. The summed E-state index contributed by atoms with van der Waals surface area (Å²) in [4.78, 5) is 9.13. The van der Waals surface area contributed by atoms with E-state index in [1.54, 1.807) is 14.2 Å². The van der Waals surface area contributed by atoms with Crippen LogP contribution in [-0.4, -0.2) is 24.2 Å². The highest BCUT2D eigenvalue weighted by atomic mass is 16.5. The van der Waals surface area contributed by atoms with E-state index < -0.39 is 0 Å². The second-order valence-electron chi connectivity index (χ2n) is 5.16. The Bertz CT molecular complexity index is 658. The number of benzene rings is 1. The number of rotatable bonds is 3. The second-order valence-corrected chi connectivity index (χ2v) is 5.16. The number of nitrogens with zero attached hydrogens (tertiary/aromatic N) is 2. The molecule has 1 aliphatic carbocycles. The van der Waals surface area contributed by atoms with Crippen LogP contribution in [0.4, 0.5) is 0 Å². The molecule has 0 fully saturated rings. The van der Waals surface area contributed by atoms with Crippen molar-refractivity contribution < 1.29 is 9.47 Å². The molecule has 0 saturated carbocycles. The predicted molar refractivity (Wildman–Crippen MR) is 80.4 cm³/mol. The maximum Gasteiger partial charge on any atom is 0.161 e. The summed E-state index contributed by atoms with van der Waals surface area (Å²) in [6, 6.07) is 5.76. The van der Waals surface area contributed by atoms with Crippen molar-refractivity contribution in [2.45, 2.75) is 25.3 Å². The molecule has 1 heterocycles. The quantitative estimate of drug-likeness (QED) is 0.938. The zero-order chi connectivity index (χ0) is 14.8. The number of fused-ring (bicyclic) bond motifs is 1. The van der Waals surface area contributed by atoms with Crippen molar-refractivity contribution in [2.75, 3.05) is 14.2 Å². The van der Waals surface area contributed by atoms with Gasteiger partial charge in [0.2, 0.25) is 0 Å². The summed E-state index contributed by atoms with van der Waals surface area (Å²) in [5, 5.41) is 0. The number of ether oxygens (including phenoxy) is 2. The van der Waals surface area contributed by atoms with Gasteiger partial charge >= 0.3 is 0 Å². The maximum atomic E-state index is 6.10. The van der Waals surface area contributed by atoms with Crippen molar-refractivity contribution in [1.29, 1.82) is 0 Å². The lowest BCUT2D eigenvalue weighted by Gasteiger charge is -2.21. The summed E-state index contributed by atoms with van der Waals surface area (Å²) in [6.07, 6.45) is 4.91. The Morgan fingerprint density at radius 3 is 2.76 bits per heavy atom. The number of methoxy groups -OCH3 is 2. The molecular weight excluding hydrogens is 266 g/mol. The van der Waals surface area contributed by atoms with E-state index in [-0.39, 0.29) is 6.04 Å². The molecule has 0 spiro atoms. The average Bonchev–Trinajstić information content (AvgIpc) is 2.54.